The molecule has 0 amide bonds. The minimum Gasteiger partial charge on any atom is -0.489 e. The Hall–Kier alpha value is -2.35. The van der Waals surface area contributed by atoms with Crippen molar-refractivity contribution in [1.29, 1.82) is 0 Å². The highest BCUT2D eigenvalue weighted by molar-refractivity contribution is 5.79. The summed E-state index contributed by atoms with van der Waals surface area (Å²) >= 11 is 0. The number of hydrogen-bond acceptors (Lipinski definition) is 7. The van der Waals surface area contributed by atoms with Gasteiger partial charge in [0.25, 0.3) is 0 Å². The van der Waals surface area contributed by atoms with Gasteiger partial charge in [0.15, 0.2) is 5.60 Å². The predicted octanol–water partition coefficient (Wildman–Crippen LogP) is 8.40. The van der Waals surface area contributed by atoms with Crippen LogP contribution in [0.3, 0.4) is 0 Å². The van der Waals surface area contributed by atoms with Crippen LogP contribution in [-0.4, -0.2) is 55.4 Å². The van der Waals surface area contributed by atoms with Crippen molar-refractivity contribution in [3.8, 4) is 5.75 Å². The minimum atomic E-state index is -1.83. The van der Waals surface area contributed by atoms with E-state index in [-0.39, 0.29) is 36.4 Å². The molecule has 0 aromatic heterocycles. The van der Waals surface area contributed by atoms with Crippen LogP contribution in [0.1, 0.15) is 139 Å². The molecule has 3 rings (SSSR count). The van der Waals surface area contributed by atoms with Gasteiger partial charge in [-0.25, -0.2) is 4.79 Å². The molecule has 1 fully saturated rings. The lowest BCUT2D eigenvalue weighted by Crippen LogP contribution is -2.57. The molecule has 7 nitrogen and oxygen atoms in total. The van der Waals surface area contributed by atoms with E-state index >= 15 is 0 Å². The van der Waals surface area contributed by atoms with E-state index in [2.05, 4.69) is 59.4 Å². The smallest absolute Gasteiger partial charge is 0.338 e. The summed E-state index contributed by atoms with van der Waals surface area (Å²) < 4.78 is 19.3. The normalized spacial score (nSPS) is 29.3. The maximum absolute atomic E-state index is 13.4. The Morgan fingerprint density at radius 3 is 2.04 bits per heavy atom. The first-order chi connectivity index (χ1) is 21.6. The van der Waals surface area contributed by atoms with E-state index in [1.807, 2.05) is 39.8 Å². The van der Waals surface area contributed by atoms with Gasteiger partial charge in [-0.05, 0) is 101 Å². The number of hydrogen-bond donors (Lipinski definition) is 3. The van der Waals surface area contributed by atoms with Crippen LogP contribution in [0.2, 0.25) is 0 Å². The molecule has 0 saturated heterocycles. The summed E-state index contributed by atoms with van der Waals surface area (Å²) in [6, 6.07) is 8.19. The highest BCUT2D eigenvalue weighted by atomic mass is 16.6. The topological polar surface area (TPSA) is 105 Å². The van der Waals surface area contributed by atoms with E-state index in [0.717, 1.165) is 12.2 Å². The van der Waals surface area contributed by atoms with Crippen molar-refractivity contribution in [3.63, 3.8) is 0 Å². The molecule has 6 atom stereocenters. The van der Waals surface area contributed by atoms with E-state index in [0.29, 0.717) is 38.0 Å². The average Bonchev–Trinajstić information content (AvgIpc) is 2.98. The number of ether oxygens (including phenoxy) is 3. The fraction of sp³-hybridized carbons (Fsp3) is 0.725. The molecule has 0 bridgehead atoms. The molecule has 3 N–H and O–H groups in total. The van der Waals surface area contributed by atoms with Gasteiger partial charge in [0.05, 0.1) is 5.60 Å². The van der Waals surface area contributed by atoms with E-state index < -0.39 is 40.1 Å². The molecule has 47 heavy (non-hydrogen) atoms. The lowest BCUT2D eigenvalue weighted by atomic mass is 9.69. The third-order valence-corrected chi connectivity index (χ3v) is 11.4. The zero-order valence-corrected chi connectivity index (χ0v) is 31.1. The van der Waals surface area contributed by atoms with Gasteiger partial charge in [0, 0.05) is 12.8 Å². The van der Waals surface area contributed by atoms with Crippen molar-refractivity contribution in [2.45, 2.75) is 168 Å². The highest BCUT2D eigenvalue weighted by Crippen LogP contribution is 2.46. The van der Waals surface area contributed by atoms with Crippen molar-refractivity contribution in [2.24, 2.45) is 17.8 Å². The Morgan fingerprint density at radius 1 is 0.957 bits per heavy atom. The van der Waals surface area contributed by atoms with Crippen molar-refractivity contribution in [1.82, 2.24) is 0 Å². The lowest BCUT2D eigenvalue weighted by molar-refractivity contribution is -0.189. The second-order valence-electron chi connectivity index (χ2n) is 16.4. The molecule has 1 aromatic rings. The third-order valence-electron chi connectivity index (χ3n) is 11.4. The van der Waals surface area contributed by atoms with Gasteiger partial charge in [-0.3, -0.25) is 0 Å². The molecule has 0 radical (unpaired) electrons. The molecular weight excluding hydrogens is 592 g/mol. The summed E-state index contributed by atoms with van der Waals surface area (Å²) in [6.07, 6.45) is 5.02. The second-order valence-corrected chi connectivity index (χ2v) is 16.4. The highest BCUT2D eigenvalue weighted by Gasteiger charge is 2.52. The summed E-state index contributed by atoms with van der Waals surface area (Å²) in [5, 5.41) is 34.9. The van der Waals surface area contributed by atoms with Crippen molar-refractivity contribution >= 4 is 5.97 Å². The van der Waals surface area contributed by atoms with Crippen LogP contribution in [0.25, 0.3) is 0 Å². The molecule has 0 spiro atoms. The van der Waals surface area contributed by atoms with Gasteiger partial charge in [0.2, 0.25) is 0 Å². The number of carbonyl (C=O) groups is 1. The number of allylic oxidation sites excluding steroid dienone is 1. The SMILES string of the molecule is C=C(OC1CC(Oc2ccc(C(C)C)cc2)(C(C)C)CCC1(C)O)C(O)(CCC(C)(O)C(=O)OC1(C(C)C)CC=C(C)CC1)C(C)C. The predicted molar refractivity (Wildman–Crippen MR) is 188 cm³/mol. The monoisotopic (exact) mass is 656 g/mol. The quantitative estimate of drug-likeness (QED) is 0.105. The van der Waals surface area contributed by atoms with Crippen LogP contribution in [0.15, 0.2) is 48.3 Å². The van der Waals surface area contributed by atoms with Crippen LogP contribution in [0.5, 0.6) is 5.75 Å². The van der Waals surface area contributed by atoms with Crippen molar-refractivity contribution in [2.75, 3.05) is 0 Å². The Bertz CT molecular complexity index is 1260. The minimum absolute atomic E-state index is 0.0160. The summed E-state index contributed by atoms with van der Waals surface area (Å²) in [4.78, 5) is 13.4. The van der Waals surface area contributed by atoms with Gasteiger partial charge in [0.1, 0.15) is 34.4 Å². The third kappa shape index (κ3) is 8.82. The molecule has 0 aliphatic heterocycles. The Kier molecular flexibility index (Phi) is 12.2. The number of rotatable bonds is 14. The van der Waals surface area contributed by atoms with Crippen LogP contribution >= 0.6 is 0 Å². The van der Waals surface area contributed by atoms with Crippen LogP contribution in [0.4, 0.5) is 0 Å². The first-order valence-electron chi connectivity index (χ1n) is 17.8. The molecule has 7 heteroatoms. The maximum Gasteiger partial charge on any atom is 0.338 e. The fourth-order valence-electron chi connectivity index (χ4n) is 6.87. The first-order valence-corrected chi connectivity index (χ1v) is 17.8. The second kappa shape index (κ2) is 14.6. The van der Waals surface area contributed by atoms with E-state index in [1.165, 1.54) is 18.1 Å². The molecule has 266 valence electrons. The summed E-state index contributed by atoms with van der Waals surface area (Å²) in [6.45, 7) is 25.8. The van der Waals surface area contributed by atoms with Crippen LogP contribution in [0, 0.1) is 17.8 Å². The summed E-state index contributed by atoms with van der Waals surface area (Å²) in [5.74, 6) is 0.452. The summed E-state index contributed by atoms with van der Waals surface area (Å²) in [5.41, 5.74) is -3.35. The molecule has 6 unspecified atom stereocenters. The Morgan fingerprint density at radius 2 is 1.55 bits per heavy atom. The van der Waals surface area contributed by atoms with E-state index in [1.54, 1.807) is 6.92 Å². The number of benzene rings is 1. The first kappa shape index (κ1) is 39.1. The Labute approximate surface area is 284 Å². The van der Waals surface area contributed by atoms with Crippen molar-refractivity contribution < 1.29 is 34.3 Å². The van der Waals surface area contributed by atoms with Gasteiger partial charge < -0.3 is 29.5 Å². The van der Waals surface area contributed by atoms with Gasteiger partial charge in [-0.1, -0.05) is 85.8 Å². The molecule has 1 saturated carbocycles. The van der Waals surface area contributed by atoms with Gasteiger partial charge in [-0.2, -0.15) is 0 Å². The van der Waals surface area contributed by atoms with Crippen molar-refractivity contribution in [3.05, 3.63) is 53.8 Å². The zero-order valence-electron chi connectivity index (χ0n) is 31.1. The molecule has 0 heterocycles. The molecule has 1 aromatic carbocycles. The average molecular weight is 657 g/mol. The molecular formula is C40H64O7. The zero-order chi connectivity index (χ0) is 35.6. The molecule has 2 aliphatic carbocycles. The van der Waals surface area contributed by atoms with E-state index in [4.69, 9.17) is 14.2 Å². The molecule has 2 aliphatic rings. The van der Waals surface area contributed by atoms with E-state index in [9.17, 15) is 20.1 Å². The maximum atomic E-state index is 13.4. The van der Waals surface area contributed by atoms with Crippen LogP contribution in [-0.2, 0) is 14.3 Å². The summed E-state index contributed by atoms with van der Waals surface area (Å²) in [7, 11) is 0. The fourth-order valence-corrected chi connectivity index (χ4v) is 6.87. The lowest BCUT2D eigenvalue weighted by Gasteiger charge is -2.50. The van der Waals surface area contributed by atoms with Gasteiger partial charge >= 0.3 is 5.97 Å². The number of esters is 1. The number of aliphatic hydroxyl groups is 3. The number of carbonyl (C=O) groups excluding carboxylic acids is 1. The standard InChI is InChI=1S/C40H64O7/c1-26(2)32-13-15-33(16-14-32)46-39(28(5)6)23-21-36(11,42)34(25-39)45-31(10)40(44,29(7)8)24-22-37(12,43)35(41)47-38(27(3)4)19-17-30(9)18-20-38/h13-17,26-29,34,42-44H,10,18-25H2,1-9,11-12H3. The van der Waals surface area contributed by atoms with Gasteiger partial charge in [-0.15, -0.1) is 0 Å². The largest absolute Gasteiger partial charge is 0.489 e. The van der Waals surface area contributed by atoms with Crippen LogP contribution < -0.4 is 4.74 Å². The Balaban J connectivity index is 1.77.